The molecule has 3 heteroatoms. The van der Waals surface area contributed by atoms with E-state index < -0.39 is 0 Å². The number of carbonyl (C=O) groups is 1. The molecule has 94 valence electrons. The number of amides is 1. The van der Waals surface area contributed by atoms with E-state index in [-0.39, 0.29) is 11.9 Å². The molecule has 0 aliphatic heterocycles. The first-order valence-electron chi connectivity index (χ1n) is 6.63. The van der Waals surface area contributed by atoms with Gasteiger partial charge in [-0.05, 0) is 31.1 Å². The van der Waals surface area contributed by atoms with Crippen molar-refractivity contribution in [2.75, 3.05) is 0 Å². The number of carbonyl (C=O) groups excluding carboxylic acids is 1. The summed E-state index contributed by atoms with van der Waals surface area (Å²) >= 11 is 0. The third kappa shape index (κ3) is 3.48. The maximum absolute atomic E-state index is 11.7. The van der Waals surface area contributed by atoms with Gasteiger partial charge in [0.15, 0.2) is 0 Å². The van der Waals surface area contributed by atoms with Crippen molar-refractivity contribution in [3.8, 4) is 0 Å². The Hall–Kier alpha value is -0.570. The van der Waals surface area contributed by atoms with Crippen molar-refractivity contribution < 1.29 is 4.79 Å². The van der Waals surface area contributed by atoms with Crippen molar-refractivity contribution >= 4 is 5.91 Å². The second-order valence-corrected chi connectivity index (χ2v) is 5.15. The first-order valence-corrected chi connectivity index (χ1v) is 6.63. The van der Waals surface area contributed by atoms with Crippen LogP contribution in [0.1, 0.15) is 52.9 Å². The van der Waals surface area contributed by atoms with Crippen LogP contribution in [0.25, 0.3) is 0 Å². The molecule has 1 fully saturated rings. The fourth-order valence-corrected chi connectivity index (χ4v) is 2.68. The summed E-state index contributed by atoms with van der Waals surface area (Å²) in [7, 11) is 0. The summed E-state index contributed by atoms with van der Waals surface area (Å²) < 4.78 is 0. The van der Waals surface area contributed by atoms with E-state index >= 15 is 0 Å². The summed E-state index contributed by atoms with van der Waals surface area (Å²) in [5.41, 5.74) is 5.78. The molecule has 0 aromatic rings. The zero-order valence-electron chi connectivity index (χ0n) is 10.8. The molecule has 16 heavy (non-hydrogen) atoms. The Labute approximate surface area is 99.2 Å². The van der Waals surface area contributed by atoms with Gasteiger partial charge in [0, 0.05) is 18.5 Å². The molecule has 1 saturated carbocycles. The van der Waals surface area contributed by atoms with E-state index in [0.29, 0.717) is 18.4 Å². The SMILES string of the molecule is CCC(N)CC(=O)NC1CCC(CC)C1C. The van der Waals surface area contributed by atoms with Crippen LogP contribution in [0.4, 0.5) is 0 Å². The van der Waals surface area contributed by atoms with Crippen molar-refractivity contribution in [1.82, 2.24) is 5.32 Å². The van der Waals surface area contributed by atoms with E-state index in [9.17, 15) is 4.79 Å². The molecule has 3 nitrogen and oxygen atoms in total. The number of hydrogen-bond acceptors (Lipinski definition) is 2. The first kappa shape index (κ1) is 13.5. The highest BCUT2D eigenvalue weighted by molar-refractivity contribution is 5.76. The normalized spacial score (nSPS) is 31.4. The lowest BCUT2D eigenvalue weighted by Gasteiger charge is -2.21. The zero-order valence-corrected chi connectivity index (χ0v) is 10.8. The van der Waals surface area contributed by atoms with Gasteiger partial charge in [-0.15, -0.1) is 0 Å². The van der Waals surface area contributed by atoms with Gasteiger partial charge in [-0.1, -0.05) is 27.2 Å². The highest BCUT2D eigenvalue weighted by Gasteiger charge is 2.32. The van der Waals surface area contributed by atoms with Gasteiger partial charge < -0.3 is 11.1 Å². The second-order valence-electron chi connectivity index (χ2n) is 5.15. The van der Waals surface area contributed by atoms with Crippen LogP contribution in [0.5, 0.6) is 0 Å². The molecule has 0 heterocycles. The summed E-state index contributed by atoms with van der Waals surface area (Å²) in [5, 5.41) is 3.14. The molecule has 0 spiro atoms. The van der Waals surface area contributed by atoms with Crippen molar-refractivity contribution in [2.45, 2.75) is 65.0 Å². The highest BCUT2D eigenvalue weighted by atomic mass is 16.1. The quantitative estimate of drug-likeness (QED) is 0.754. The molecule has 0 saturated heterocycles. The molecule has 0 aromatic heterocycles. The Balaban J connectivity index is 2.35. The fourth-order valence-electron chi connectivity index (χ4n) is 2.68. The van der Waals surface area contributed by atoms with Crippen molar-refractivity contribution in [3.05, 3.63) is 0 Å². The van der Waals surface area contributed by atoms with E-state index in [0.717, 1.165) is 18.8 Å². The van der Waals surface area contributed by atoms with E-state index in [1.54, 1.807) is 0 Å². The molecular formula is C13H26N2O. The maximum atomic E-state index is 11.7. The van der Waals surface area contributed by atoms with Crippen molar-refractivity contribution in [1.29, 1.82) is 0 Å². The third-order valence-corrected chi connectivity index (χ3v) is 4.07. The minimum Gasteiger partial charge on any atom is -0.353 e. The Morgan fingerprint density at radius 1 is 1.44 bits per heavy atom. The lowest BCUT2D eigenvalue weighted by molar-refractivity contribution is -0.122. The Kier molecular flexibility index (Phi) is 5.26. The lowest BCUT2D eigenvalue weighted by atomic mass is 9.93. The molecule has 1 rings (SSSR count). The van der Waals surface area contributed by atoms with Crippen LogP contribution >= 0.6 is 0 Å². The van der Waals surface area contributed by atoms with Gasteiger partial charge >= 0.3 is 0 Å². The minimum absolute atomic E-state index is 0.0127. The summed E-state index contributed by atoms with van der Waals surface area (Å²) in [6.07, 6.45) is 4.94. The molecular weight excluding hydrogens is 200 g/mol. The summed E-state index contributed by atoms with van der Waals surface area (Å²) in [4.78, 5) is 11.7. The monoisotopic (exact) mass is 226 g/mol. The first-order chi connectivity index (χ1) is 7.58. The van der Waals surface area contributed by atoms with Crippen molar-refractivity contribution in [3.63, 3.8) is 0 Å². The van der Waals surface area contributed by atoms with Crippen LogP contribution in [0.3, 0.4) is 0 Å². The van der Waals surface area contributed by atoms with Gasteiger partial charge in [0.2, 0.25) is 5.91 Å². The Morgan fingerprint density at radius 3 is 2.62 bits per heavy atom. The predicted molar refractivity (Wildman–Crippen MR) is 67.0 cm³/mol. The third-order valence-electron chi connectivity index (χ3n) is 4.07. The van der Waals surface area contributed by atoms with Crippen LogP contribution in [0.15, 0.2) is 0 Å². The van der Waals surface area contributed by atoms with Crippen molar-refractivity contribution in [2.24, 2.45) is 17.6 Å². The fraction of sp³-hybridized carbons (Fsp3) is 0.923. The van der Waals surface area contributed by atoms with Crippen LogP contribution < -0.4 is 11.1 Å². The van der Waals surface area contributed by atoms with Crippen LogP contribution in [-0.2, 0) is 4.79 Å². The van der Waals surface area contributed by atoms with E-state index in [2.05, 4.69) is 19.2 Å². The molecule has 0 bridgehead atoms. The van der Waals surface area contributed by atoms with E-state index in [1.807, 2.05) is 6.92 Å². The van der Waals surface area contributed by atoms with Gasteiger partial charge in [0.05, 0.1) is 0 Å². The van der Waals surface area contributed by atoms with Crippen LogP contribution in [-0.4, -0.2) is 18.0 Å². The molecule has 3 N–H and O–H groups in total. The molecule has 4 unspecified atom stereocenters. The average molecular weight is 226 g/mol. The lowest BCUT2D eigenvalue weighted by Crippen LogP contribution is -2.40. The molecule has 1 aliphatic carbocycles. The standard InChI is InChI=1S/C13H26N2O/c1-4-10-6-7-12(9(10)3)15-13(16)8-11(14)5-2/h9-12H,4-8,14H2,1-3H3,(H,15,16). The summed E-state index contributed by atoms with van der Waals surface area (Å²) in [5.74, 6) is 1.53. The van der Waals surface area contributed by atoms with Gasteiger partial charge in [-0.3, -0.25) is 4.79 Å². The molecule has 4 atom stereocenters. The summed E-state index contributed by atoms with van der Waals surface area (Å²) in [6.45, 7) is 6.51. The summed E-state index contributed by atoms with van der Waals surface area (Å²) in [6, 6.07) is 0.389. The smallest absolute Gasteiger partial charge is 0.221 e. The van der Waals surface area contributed by atoms with E-state index in [4.69, 9.17) is 5.73 Å². The zero-order chi connectivity index (χ0) is 12.1. The minimum atomic E-state index is 0.0127. The molecule has 1 amide bonds. The second kappa shape index (κ2) is 6.24. The Morgan fingerprint density at radius 2 is 2.12 bits per heavy atom. The number of hydrogen-bond donors (Lipinski definition) is 2. The number of rotatable bonds is 5. The van der Waals surface area contributed by atoms with Gasteiger partial charge in [-0.2, -0.15) is 0 Å². The predicted octanol–water partition coefficient (Wildman–Crippen LogP) is 2.05. The number of nitrogens with one attached hydrogen (secondary N) is 1. The van der Waals surface area contributed by atoms with E-state index in [1.165, 1.54) is 12.8 Å². The number of nitrogens with two attached hydrogens (primary N) is 1. The van der Waals surface area contributed by atoms with Gasteiger partial charge in [0.1, 0.15) is 0 Å². The largest absolute Gasteiger partial charge is 0.353 e. The Bertz CT molecular complexity index is 230. The molecule has 0 aromatic carbocycles. The van der Waals surface area contributed by atoms with Crippen LogP contribution in [0.2, 0.25) is 0 Å². The highest BCUT2D eigenvalue weighted by Crippen LogP contribution is 2.33. The van der Waals surface area contributed by atoms with Crippen LogP contribution in [0, 0.1) is 11.8 Å². The average Bonchev–Trinajstić information content (AvgIpc) is 2.59. The topological polar surface area (TPSA) is 55.1 Å². The molecule has 0 radical (unpaired) electrons. The van der Waals surface area contributed by atoms with Gasteiger partial charge in [-0.25, -0.2) is 0 Å². The maximum Gasteiger partial charge on any atom is 0.221 e. The molecule has 1 aliphatic rings. The van der Waals surface area contributed by atoms with Gasteiger partial charge in [0.25, 0.3) is 0 Å².